The summed E-state index contributed by atoms with van der Waals surface area (Å²) in [5.41, 5.74) is 0.620. The molecular formula is C12H15NO2S2. The van der Waals surface area contributed by atoms with Crippen LogP contribution in [0.3, 0.4) is 0 Å². The van der Waals surface area contributed by atoms with Crippen molar-refractivity contribution in [3.05, 3.63) is 35.9 Å². The lowest BCUT2D eigenvalue weighted by Gasteiger charge is -2.25. The number of benzene rings is 1. The topological polar surface area (TPSA) is 29.5 Å². The number of nitrogens with zero attached hydrogens (tertiary/aromatic N) is 1. The lowest BCUT2D eigenvalue weighted by molar-refractivity contribution is 0.0477. The van der Waals surface area contributed by atoms with Gasteiger partial charge >= 0.3 is 5.97 Å². The summed E-state index contributed by atoms with van der Waals surface area (Å²) in [6.07, 6.45) is 0. The van der Waals surface area contributed by atoms with E-state index in [2.05, 4.69) is 4.90 Å². The SMILES string of the molecule is O=C(OCCN1CSCSC1)c1ccccc1. The molecule has 1 heterocycles. The highest BCUT2D eigenvalue weighted by Crippen LogP contribution is 2.21. The molecule has 1 saturated heterocycles. The van der Waals surface area contributed by atoms with Crippen molar-refractivity contribution in [2.45, 2.75) is 0 Å². The van der Waals surface area contributed by atoms with Crippen LogP contribution in [-0.2, 0) is 4.74 Å². The molecule has 0 aromatic heterocycles. The molecule has 0 N–H and O–H groups in total. The van der Waals surface area contributed by atoms with E-state index in [1.165, 1.54) is 5.08 Å². The summed E-state index contributed by atoms with van der Waals surface area (Å²) in [5, 5.41) is 1.17. The van der Waals surface area contributed by atoms with Crippen molar-refractivity contribution >= 4 is 29.5 Å². The van der Waals surface area contributed by atoms with Gasteiger partial charge in [-0.3, -0.25) is 4.90 Å². The maximum Gasteiger partial charge on any atom is 0.338 e. The fourth-order valence-electron chi connectivity index (χ4n) is 1.48. The van der Waals surface area contributed by atoms with E-state index in [0.29, 0.717) is 12.2 Å². The van der Waals surface area contributed by atoms with E-state index in [9.17, 15) is 4.79 Å². The van der Waals surface area contributed by atoms with Crippen LogP contribution in [0.1, 0.15) is 10.4 Å². The molecule has 0 bridgehead atoms. The van der Waals surface area contributed by atoms with Gasteiger partial charge in [0.2, 0.25) is 0 Å². The quantitative estimate of drug-likeness (QED) is 0.784. The third kappa shape index (κ3) is 4.26. The van der Waals surface area contributed by atoms with E-state index in [0.717, 1.165) is 18.3 Å². The van der Waals surface area contributed by atoms with Crippen molar-refractivity contribution in [2.75, 3.05) is 30.0 Å². The molecule has 1 aliphatic rings. The summed E-state index contributed by atoms with van der Waals surface area (Å²) in [7, 11) is 0. The summed E-state index contributed by atoms with van der Waals surface area (Å²) >= 11 is 3.81. The Morgan fingerprint density at radius 1 is 1.24 bits per heavy atom. The highest BCUT2D eigenvalue weighted by atomic mass is 32.2. The minimum atomic E-state index is -0.233. The first-order valence-corrected chi connectivity index (χ1v) is 7.77. The average molecular weight is 269 g/mol. The third-order valence-corrected chi connectivity index (χ3v) is 4.79. The molecule has 0 aliphatic carbocycles. The minimum Gasteiger partial charge on any atom is -0.461 e. The molecule has 1 fully saturated rings. The van der Waals surface area contributed by atoms with Crippen molar-refractivity contribution in [2.24, 2.45) is 0 Å². The average Bonchev–Trinajstić information content (AvgIpc) is 2.41. The Kier molecular flexibility index (Phi) is 5.22. The first-order valence-electron chi connectivity index (χ1n) is 5.46. The summed E-state index contributed by atoms with van der Waals surface area (Å²) in [5.74, 6) is 1.84. The molecule has 0 radical (unpaired) electrons. The number of thioether (sulfide) groups is 2. The van der Waals surface area contributed by atoms with Gasteiger partial charge in [-0.2, -0.15) is 0 Å². The Balaban J connectivity index is 1.69. The molecule has 0 saturated carbocycles. The van der Waals surface area contributed by atoms with Crippen LogP contribution in [-0.4, -0.2) is 40.9 Å². The van der Waals surface area contributed by atoms with Crippen molar-refractivity contribution < 1.29 is 9.53 Å². The Bertz CT molecular complexity index is 353. The van der Waals surface area contributed by atoms with Crippen LogP contribution in [0.25, 0.3) is 0 Å². The van der Waals surface area contributed by atoms with E-state index < -0.39 is 0 Å². The van der Waals surface area contributed by atoms with Crippen molar-refractivity contribution in [1.82, 2.24) is 4.90 Å². The summed E-state index contributed by atoms with van der Waals surface area (Å²) < 4.78 is 5.23. The number of rotatable bonds is 4. The van der Waals surface area contributed by atoms with Gasteiger partial charge in [0.25, 0.3) is 0 Å². The van der Waals surface area contributed by atoms with Crippen molar-refractivity contribution in [3.63, 3.8) is 0 Å². The van der Waals surface area contributed by atoms with Gasteiger partial charge in [-0.15, -0.1) is 23.5 Å². The van der Waals surface area contributed by atoms with Gasteiger partial charge in [0, 0.05) is 23.4 Å². The molecule has 0 spiro atoms. The van der Waals surface area contributed by atoms with Crippen LogP contribution in [0.2, 0.25) is 0 Å². The van der Waals surface area contributed by atoms with Crippen LogP contribution in [0, 0.1) is 0 Å². The minimum absolute atomic E-state index is 0.233. The van der Waals surface area contributed by atoms with Crippen LogP contribution in [0.5, 0.6) is 0 Å². The predicted octanol–water partition coefficient (Wildman–Crippen LogP) is 2.50. The Labute approximate surface area is 110 Å². The number of carbonyl (C=O) groups excluding carboxylic acids is 1. The van der Waals surface area contributed by atoms with E-state index in [1.54, 1.807) is 12.1 Å². The lowest BCUT2D eigenvalue weighted by atomic mass is 10.2. The normalized spacial score (nSPS) is 16.7. The van der Waals surface area contributed by atoms with Gasteiger partial charge in [-0.05, 0) is 12.1 Å². The number of ether oxygens (including phenoxy) is 1. The van der Waals surface area contributed by atoms with E-state index in [-0.39, 0.29) is 5.97 Å². The molecule has 0 unspecified atom stereocenters. The fraction of sp³-hybridized carbons (Fsp3) is 0.417. The van der Waals surface area contributed by atoms with Crippen LogP contribution < -0.4 is 0 Å². The number of carbonyl (C=O) groups is 1. The Morgan fingerprint density at radius 2 is 1.94 bits per heavy atom. The van der Waals surface area contributed by atoms with Crippen molar-refractivity contribution in [1.29, 1.82) is 0 Å². The molecule has 17 heavy (non-hydrogen) atoms. The third-order valence-electron chi connectivity index (χ3n) is 2.36. The maximum absolute atomic E-state index is 11.6. The Morgan fingerprint density at radius 3 is 2.65 bits per heavy atom. The van der Waals surface area contributed by atoms with E-state index in [1.807, 2.05) is 41.7 Å². The summed E-state index contributed by atoms with van der Waals surface area (Å²) in [6, 6.07) is 9.12. The first kappa shape index (κ1) is 12.8. The molecule has 3 nitrogen and oxygen atoms in total. The molecule has 2 rings (SSSR count). The zero-order valence-electron chi connectivity index (χ0n) is 9.50. The zero-order chi connectivity index (χ0) is 11.9. The summed E-state index contributed by atoms with van der Waals surface area (Å²) in [6.45, 7) is 1.29. The lowest BCUT2D eigenvalue weighted by Crippen LogP contribution is -2.30. The van der Waals surface area contributed by atoms with Crippen LogP contribution in [0.4, 0.5) is 0 Å². The van der Waals surface area contributed by atoms with E-state index in [4.69, 9.17) is 4.74 Å². The molecule has 5 heteroatoms. The van der Waals surface area contributed by atoms with Gasteiger partial charge in [0.1, 0.15) is 6.61 Å². The predicted molar refractivity (Wildman–Crippen MR) is 73.2 cm³/mol. The van der Waals surface area contributed by atoms with Crippen LogP contribution >= 0.6 is 23.5 Å². The number of hydrogen-bond donors (Lipinski definition) is 0. The molecular weight excluding hydrogens is 254 g/mol. The molecule has 1 aliphatic heterocycles. The zero-order valence-corrected chi connectivity index (χ0v) is 11.1. The molecule has 1 aromatic carbocycles. The second-order valence-electron chi connectivity index (χ2n) is 3.68. The fourth-order valence-corrected chi connectivity index (χ4v) is 3.62. The largest absolute Gasteiger partial charge is 0.461 e. The smallest absolute Gasteiger partial charge is 0.338 e. The highest BCUT2D eigenvalue weighted by Gasteiger charge is 2.11. The molecule has 0 amide bonds. The van der Waals surface area contributed by atoms with Gasteiger partial charge in [0.05, 0.1) is 5.56 Å². The highest BCUT2D eigenvalue weighted by molar-refractivity contribution is 8.16. The van der Waals surface area contributed by atoms with Crippen molar-refractivity contribution in [3.8, 4) is 0 Å². The Hall–Kier alpha value is -0.650. The molecule has 1 aromatic rings. The summed E-state index contributed by atoms with van der Waals surface area (Å²) in [4.78, 5) is 13.9. The molecule has 0 atom stereocenters. The van der Waals surface area contributed by atoms with Gasteiger partial charge in [-0.1, -0.05) is 18.2 Å². The number of hydrogen-bond acceptors (Lipinski definition) is 5. The second-order valence-corrected chi connectivity index (χ2v) is 5.96. The first-order chi connectivity index (χ1) is 8.36. The second kappa shape index (κ2) is 6.93. The maximum atomic E-state index is 11.6. The molecule has 92 valence electrons. The standard InChI is InChI=1S/C12H15NO2S2/c14-12(11-4-2-1-3-5-11)15-7-6-13-8-16-10-17-9-13/h1-5H,6-10H2. The van der Waals surface area contributed by atoms with E-state index >= 15 is 0 Å². The van der Waals surface area contributed by atoms with Crippen LogP contribution in [0.15, 0.2) is 30.3 Å². The monoisotopic (exact) mass is 269 g/mol. The van der Waals surface area contributed by atoms with Gasteiger partial charge < -0.3 is 4.74 Å². The van der Waals surface area contributed by atoms with Gasteiger partial charge in [0.15, 0.2) is 0 Å². The van der Waals surface area contributed by atoms with Gasteiger partial charge in [-0.25, -0.2) is 4.79 Å². The number of esters is 1.